The number of nitrogens with zero attached hydrogens (tertiary/aromatic N) is 1. The third kappa shape index (κ3) is 1.43. The molecule has 2 aromatic rings. The molecule has 3 nitrogen and oxygen atoms in total. The van der Waals surface area contributed by atoms with Gasteiger partial charge < -0.3 is 0 Å². The Morgan fingerprint density at radius 3 is 2.86 bits per heavy atom. The maximum absolute atomic E-state index is 10.8. The molecule has 0 aliphatic heterocycles. The standard InChI is InChI=1S/C8H4BrNO2S2/c9-4-2-1-3-5-6(4)7(10(11)12)8(13)14-5/h1-3,13H. The Morgan fingerprint density at radius 1 is 1.50 bits per heavy atom. The van der Waals surface area contributed by atoms with Crippen molar-refractivity contribution in [3.63, 3.8) is 0 Å². The van der Waals surface area contributed by atoms with Crippen LogP contribution in [0.2, 0.25) is 0 Å². The first-order chi connectivity index (χ1) is 6.61. The fraction of sp³-hybridized carbons (Fsp3) is 0. The Morgan fingerprint density at radius 2 is 2.21 bits per heavy atom. The molecule has 0 bridgehead atoms. The molecule has 6 heteroatoms. The van der Waals surface area contributed by atoms with Crippen LogP contribution in [0.4, 0.5) is 5.69 Å². The molecule has 0 saturated heterocycles. The predicted molar refractivity (Wildman–Crippen MR) is 63.4 cm³/mol. The minimum Gasteiger partial charge on any atom is -0.258 e. The van der Waals surface area contributed by atoms with E-state index in [0.717, 1.165) is 9.17 Å². The van der Waals surface area contributed by atoms with E-state index in [1.807, 2.05) is 12.1 Å². The first-order valence-corrected chi connectivity index (χ1v) is 5.71. The zero-order valence-electron chi connectivity index (χ0n) is 6.73. The molecule has 14 heavy (non-hydrogen) atoms. The summed E-state index contributed by atoms with van der Waals surface area (Å²) >= 11 is 8.71. The smallest absolute Gasteiger partial charge is 0.258 e. The van der Waals surface area contributed by atoms with E-state index in [0.29, 0.717) is 9.60 Å². The van der Waals surface area contributed by atoms with Gasteiger partial charge in [0.25, 0.3) is 0 Å². The number of rotatable bonds is 1. The number of nitro groups is 1. The van der Waals surface area contributed by atoms with Crippen molar-refractivity contribution >= 4 is 55.7 Å². The Hall–Kier alpha value is -0.590. The molecule has 0 atom stereocenters. The molecule has 1 aromatic carbocycles. The molecule has 1 aromatic heterocycles. The first-order valence-electron chi connectivity index (χ1n) is 3.65. The van der Waals surface area contributed by atoms with Crippen molar-refractivity contribution in [2.75, 3.05) is 0 Å². The second-order valence-electron chi connectivity index (χ2n) is 2.63. The van der Waals surface area contributed by atoms with Crippen molar-refractivity contribution in [3.8, 4) is 0 Å². The van der Waals surface area contributed by atoms with E-state index in [9.17, 15) is 10.1 Å². The van der Waals surface area contributed by atoms with Crippen molar-refractivity contribution < 1.29 is 4.92 Å². The molecule has 0 fully saturated rings. The van der Waals surface area contributed by atoms with Gasteiger partial charge in [-0.15, -0.1) is 24.0 Å². The fourth-order valence-corrected chi connectivity index (χ4v) is 3.36. The molecule has 72 valence electrons. The zero-order valence-corrected chi connectivity index (χ0v) is 10.0. The monoisotopic (exact) mass is 289 g/mol. The van der Waals surface area contributed by atoms with Gasteiger partial charge in [0.05, 0.1) is 10.3 Å². The van der Waals surface area contributed by atoms with Gasteiger partial charge in [-0.2, -0.15) is 0 Å². The van der Waals surface area contributed by atoms with Crippen LogP contribution in [0.15, 0.2) is 26.9 Å². The van der Waals surface area contributed by atoms with Crippen LogP contribution in [-0.2, 0) is 0 Å². The Balaban J connectivity index is 2.93. The number of thiophene rings is 1. The summed E-state index contributed by atoms with van der Waals surface area (Å²) < 4.78 is 2.05. The largest absolute Gasteiger partial charge is 0.302 e. The Bertz CT molecular complexity index is 523. The zero-order chi connectivity index (χ0) is 10.3. The number of hydrogen-bond donors (Lipinski definition) is 1. The maximum Gasteiger partial charge on any atom is 0.302 e. The van der Waals surface area contributed by atoms with Gasteiger partial charge in [0.15, 0.2) is 0 Å². The lowest BCUT2D eigenvalue weighted by Gasteiger charge is -1.93. The summed E-state index contributed by atoms with van der Waals surface area (Å²) in [4.78, 5) is 10.4. The number of benzene rings is 1. The minimum absolute atomic E-state index is 0.0841. The summed E-state index contributed by atoms with van der Waals surface area (Å²) in [6, 6.07) is 5.48. The molecule has 0 unspecified atom stereocenters. The summed E-state index contributed by atoms with van der Waals surface area (Å²) in [6.45, 7) is 0. The van der Waals surface area contributed by atoms with Crippen LogP contribution >= 0.6 is 39.9 Å². The molecule has 2 rings (SSSR count). The molecular formula is C8H4BrNO2S2. The van der Waals surface area contributed by atoms with Gasteiger partial charge in [0.2, 0.25) is 0 Å². The highest BCUT2D eigenvalue weighted by Crippen LogP contribution is 2.42. The van der Waals surface area contributed by atoms with Crippen LogP contribution in [-0.4, -0.2) is 4.92 Å². The van der Waals surface area contributed by atoms with Crippen molar-refractivity contribution in [2.24, 2.45) is 0 Å². The molecule has 0 spiro atoms. The molecule has 0 amide bonds. The van der Waals surface area contributed by atoms with Crippen LogP contribution in [0.5, 0.6) is 0 Å². The lowest BCUT2D eigenvalue weighted by Crippen LogP contribution is -1.86. The second kappa shape index (κ2) is 3.52. The highest BCUT2D eigenvalue weighted by Gasteiger charge is 2.21. The highest BCUT2D eigenvalue weighted by atomic mass is 79.9. The van der Waals surface area contributed by atoms with E-state index in [-0.39, 0.29) is 5.69 Å². The van der Waals surface area contributed by atoms with E-state index >= 15 is 0 Å². The van der Waals surface area contributed by atoms with E-state index in [2.05, 4.69) is 28.6 Å². The number of halogens is 1. The summed E-state index contributed by atoms with van der Waals surface area (Å²) in [6.07, 6.45) is 0. The van der Waals surface area contributed by atoms with Crippen LogP contribution < -0.4 is 0 Å². The van der Waals surface area contributed by atoms with Crippen molar-refractivity contribution in [3.05, 3.63) is 32.8 Å². The summed E-state index contributed by atoms with van der Waals surface area (Å²) in [5.41, 5.74) is 0.0841. The van der Waals surface area contributed by atoms with E-state index in [1.165, 1.54) is 11.3 Å². The molecule has 1 heterocycles. The van der Waals surface area contributed by atoms with Crippen molar-refractivity contribution in [1.29, 1.82) is 0 Å². The Kier molecular flexibility index (Phi) is 2.50. The number of hydrogen-bond acceptors (Lipinski definition) is 4. The maximum atomic E-state index is 10.8. The van der Waals surface area contributed by atoms with Crippen molar-refractivity contribution in [2.45, 2.75) is 4.21 Å². The number of thiol groups is 1. The minimum atomic E-state index is -0.397. The lowest BCUT2D eigenvalue weighted by atomic mass is 10.2. The molecule has 0 N–H and O–H groups in total. The number of fused-ring (bicyclic) bond motifs is 1. The molecular weight excluding hydrogens is 286 g/mol. The van der Waals surface area contributed by atoms with Crippen molar-refractivity contribution in [1.82, 2.24) is 0 Å². The van der Waals surface area contributed by atoms with Gasteiger partial charge in [-0.1, -0.05) is 6.07 Å². The lowest BCUT2D eigenvalue weighted by molar-refractivity contribution is -0.385. The molecule has 0 radical (unpaired) electrons. The molecule has 0 aliphatic carbocycles. The topological polar surface area (TPSA) is 43.1 Å². The normalized spacial score (nSPS) is 10.7. The van der Waals surface area contributed by atoms with Gasteiger partial charge in [0, 0.05) is 9.17 Å². The van der Waals surface area contributed by atoms with Gasteiger partial charge in [0.1, 0.15) is 4.21 Å². The average molecular weight is 290 g/mol. The SMILES string of the molecule is O=[N+]([O-])c1c(S)sc2cccc(Br)c12. The molecule has 0 saturated carbocycles. The quantitative estimate of drug-likeness (QED) is 0.492. The third-order valence-electron chi connectivity index (χ3n) is 1.80. The van der Waals surface area contributed by atoms with E-state index in [4.69, 9.17) is 0 Å². The summed E-state index contributed by atoms with van der Waals surface area (Å²) in [5.74, 6) is 0. The van der Waals surface area contributed by atoms with Gasteiger partial charge >= 0.3 is 5.69 Å². The average Bonchev–Trinajstić information content (AvgIpc) is 2.42. The van der Waals surface area contributed by atoms with E-state index < -0.39 is 4.92 Å². The third-order valence-corrected chi connectivity index (χ3v) is 3.90. The predicted octanol–water partition coefficient (Wildman–Crippen LogP) is 3.86. The van der Waals surface area contributed by atoms with E-state index in [1.54, 1.807) is 6.07 Å². The van der Waals surface area contributed by atoms with Gasteiger partial charge in [-0.3, -0.25) is 10.1 Å². The van der Waals surface area contributed by atoms with Crippen LogP contribution in [0.3, 0.4) is 0 Å². The van der Waals surface area contributed by atoms with Gasteiger partial charge in [-0.05, 0) is 28.1 Å². The van der Waals surface area contributed by atoms with Gasteiger partial charge in [-0.25, -0.2) is 0 Å². The highest BCUT2D eigenvalue weighted by molar-refractivity contribution is 9.10. The first kappa shape index (κ1) is 9.95. The van der Waals surface area contributed by atoms with Crippen LogP contribution in [0.25, 0.3) is 10.1 Å². The van der Waals surface area contributed by atoms with Crippen LogP contribution in [0.1, 0.15) is 0 Å². The summed E-state index contributed by atoms with van der Waals surface area (Å²) in [5, 5.41) is 11.4. The Labute approximate surface area is 97.4 Å². The van der Waals surface area contributed by atoms with Crippen LogP contribution in [0, 0.1) is 10.1 Å². The second-order valence-corrected chi connectivity index (χ2v) is 5.28. The molecule has 0 aliphatic rings. The fourth-order valence-electron chi connectivity index (χ4n) is 1.25. The summed E-state index contributed by atoms with van der Waals surface area (Å²) in [7, 11) is 0.